The first-order chi connectivity index (χ1) is 18.1. The molecule has 0 atom stereocenters. The van der Waals surface area contributed by atoms with E-state index in [4.69, 9.17) is 9.47 Å². The van der Waals surface area contributed by atoms with Crippen molar-refractivity contribution < 1.29 is 31.1 Å². The number of aromatic nitrogens is 2. The monoisotopic (exact) mass is 561 g/mol. The van der Waals surface area contributed by atoms with Gasteiger partial charge in [-0.15, -0.1) is 0 Å². The van der Waals surface area contributed by atoms with E-state index in [-0.39, 0.29) is 33.1 Å². The predicted molar refractivity (Wildman–Crippen MR) is 139 cm³/mol. The molecule has 2 aromatic carbocycles. The van der Waals surface area contributed by atoms with Crippen LogP contribution in [0.15, 0.2) is 64.4 Å². The van der Waals surface area contributed by atoms with Crippen LogP contribution in [-0.2, 0) is 20.0 Å². The van der Waals surface area contributed by atoms with Gasteiger partial charge in [-0.3, -0.25) is 9.52 Å². The minimum Gasteiger partial charge on any atom is -0.481 e. The van der Waals surface area contributed by atoms with E-state index in [2.05, 4.69) is 20.0 Å². The standard InChI is InChI=1S/C24H27N5O7S2/c1-35-22-16-21(26-24(27-22)36-2)28-37(31,32)19-12-8-18(9-13-19)25-23(30)17-6-10-20(11-7-17)38(33,34)29-14-4-3-5-15-29/h6-13,16H,3-5,14-15H2,1-2H3,(H,25,30)(H,26,27,28). The summed E-state index contributed by atoms with van der Waals surface area (Å²) in [5.41, 5.74) is 0.608. The van der Waals surface area contributed by atoms with Crippen molar-refractivity contribution in [3.05, 3.63) is 60.2 Å². The van der Waals surface area contributed by atoms with Crippen LogP contribution in [-0.4, -0.2) is 64.3 Å². The molecule has 1 aromatic heterocycles. The summed E-state index contributed by atoms with van der Waals surface area (Å²) < 4.78 is 65.0. The SMILES string of the molecule is COc1cc(NS(=O)(=O)c2ccc(NC(=O)c3ccc(S(=O)(=O)N4CCCCC4)cc3)cc2)nc(OC)n1. The Morgan fingerprint density at radius 2 is 1.47 bits per heavy atom. The van der Waals surface area contributed by atoms with Gasteiger partial charge in [-0.05, 0) is 61.4 Å². The van der Waals surface area contributed by atoms with E-state index in [0.717, 1.165) is 19.3 Å². The predicted octanol–water partition coefficient (Wildman–Crippen LogP) is 2.72. The highest BCUT2D eigenvalue weighted by atomic mass is 32.2. The first-order valence-corrected chi connectivity index (χ1v) is 14.6. The molecule has 12 nitrogen and oxygen atoms in total. The molecule has 0 aliphatic carbocycles. The summed E-state index contributed by atoms with van der Waals surface area (Å²) in [6.45, 7) is 0.987. The fraction of sp³-hybridized carbons (Fsp3) is 0.292. The molecule has 3 aromatic rings. The van der Waals surface area contributed by atoms with Gasteiger partial charge >= 0.3 is 6.01 Å². The number of carbonyl (C=O) groups excluding carboxylic acids is 1. The third-order valence-electron chi connectivity index (χ3n) is 5.80. The highest BCUT2D eigenvalue weighted by Crippen LogP contribution is 2.23. The van der Waals surface area contributed by atoms with Gasteiger partial charge in [0.15, 0.2) is 5.82 Å². The number of rotatable bonds is 9. The second kappa shape index (κ2) is 11.3. The highest BCUT2D eigenvalue weighted by Gasteiger charge is 2.26. The maximum absolute atomic E-state index is 12.8. The van der Waals surface area contributed by atoms with Gasteiger partial charge in [0.05, 0.1) is 24.0 Å². The molecule has 1 fully saturated rings. The molecule has 38 heavy (non-hydrogen) atoms. The van der Waals surface area contributed by atoms with Crippen molar-refractivity contribution in [2.75, 3.05) is 37.3 Å². The van der Waals surface area contributed by atoms with Crippen LogP contribution in [0.5, 0.6) is 11.9 Å². The van der Waals surface area contributed by atoms with Crippen molar-refractivity contribution in [3.63, 3.8) is 0 Å². The zero-order valence-corrected chi connectivity index (χ0v) is 22.4. The molecular weight excluding hydrogens is 534 g/mol. The number of hydrogen-bond donors (Lipinski definition) is 2. The molecule has 1 amide bonds. The van der Waals surface area contributed by atoms with Crippen LogP contribution >= 0.6 is 0 Å². The molecule has 0 saturated carbocycles. The Labute approximate surface area is 221 Å². The van der Waals surface area contributed by atoms with Crippen molar-refractivity contribution in [3.8, 4) is 11.9 Å². The first kappa shape index (κ1) is 27.3. The van der Waals surface area contributed by atoms with Crippen molar-refractivity contribution >= 4 is 37.5 Å². The number of sulfonamides is 2. The summed E-state index contributed by atoms with van der Waals surface area (Å²) in [6, 6.07) is 12.5. The lowest BCUT2D eigenvalue weighted by Crippen LogP contribution is -2.35. The highest BCUT2D eigenvalue weighted by molar-refractivity contribution is 7.92. The Morgan fingerprint density at radius 3 is 2.08 bits per heavy atom. The largest absolute Gasteiger partial charge is 0.481 e. The third kappa shape index (κ3) is 6.20. The first-order valence-electron chi connectivity index (χ1n) is 11.6. The molecule has 0 radical (unpaired) electrons. The van der Waals surface area contributed by atoms with E-state index in [1.807, 2.05) is 0 Å². The van der Waals surface area contributed by atoms with Crippen molar-refractivity contribution in [1.29, 1.82) is 0 Å². The fourth-order valence-corrected chi connectivity index (χ4v) is 6.31. The van der Waals surface area contributed by atoms with Gasteiger partial charge in [-0.1, -0.05) is 6.42 Å². The zero-order chi connectivity index (χ0) is 27.3. The molecule has 14 heteroatoms. The van der Waals surface area contributed by atoms with Crippen LogP contribution in [0.1, 0.15) is 29.6 Å². The summed E-state index contributed by atoms with van der Waals surface area (Å²) in [4.78, 5) is 20.6. The second-order valence-corrected chi connectivity index (χ2v) is 12.0. The zero-order valence-electron chi connectivity index (χ0n) is 20.7. The van der Waals surface area contributed by atoms with E-state index < -0.39 is 26.0 Å². The number of benzene rings is 2. The number of amides is 1. The number of hydrogen-bond acceptors (Lipinski definition) is 9. The lowest BCUT2D eigenvalue weighted by Gasteiger charge is -2.25. The maximum atomic E-state index is 12.8. The van der Waals surface area contributed by atoms with Gasteiger partial charge in [-0.25, -0.2) is 16.8 Å². The molecule has 1 aliphatic heterocycles. The summed E-state index contributed by atoms with van der Waals surface area (Å²) in [5, 5.41) is 2.67. The molecule has 202 valence electrons. The van der Waals surface area contributed by atoms with E-state index in [1.165, 1.54) is 73.1 Å². The van der Waals surface area contributed by atoms with Crippen LogP contribution < -0.4 is 19.5 Å². The van der Waals surface area contributed by atoms with Gasteiger partial charge < -0.3 is 14.8 Å². The molecule has 1 aliphatic rings. The topological polar surface area (TPSA) is 157 Å². The van der Waals surface area contributed by atoms with E-state index in [9.17, 15) is 21.6 Å². The van der Waals surface area contributed by atoms with Gasteiger partial charge in [0.2, 0.25) is 15.9 Å². The molecule has 0 unspecified atom stereocenters. The Kier molecular flexibility index (Phi) is 8.14. The summed E-state index contributed by atoms with van der Waals surface area (Å²) in [7, 11) is -4.90. The van der Waals surface area contributed by atoms with Crippen LogP contribution in [0, 0.1) is 0 Å². The number of carbonyl (C=O) groups is 1. The lowest BCUT2D eigenvalue weighted by atomic mass is 10.2. The maximum Gasteiger partial charge on any atom is 0.321 e. The van der Waals surface area contributed by atoms with Gasteiger partial charge in [0, 0.05) is 30.4 Å². The average Bonchev–Trinajstić information content (AvgIpc) is 2.93. The fourth-order valence-electron chi connectivity index (χ4n) is 3.80. The summed E-state index contributed by atoms with van der Waals surface area (Å²) in [5.74, 6) is -0.401. The average molecular weight is 562 g/mol. The van der Waals surface area contributed by atoms with Gasteiger partial charge in [0.25, 0.3) is 15.9 Å². The summed E-state index contributed by atoms with van der Waals surface area (Å²) in [6.07, 6.45) is 2.68. The number of piperidine rings is 1. The molecular formula is C24H27N5O7S2. The van der Waals surface area contributed by atoms with E-state index >= 15 is 0 Å². The minimum absolute atomic E-state index is 0.0446. The number of nitrogens with zero attached hydrogens (tertiary/aromatic N) is 3. The lowest BCUT2D eigenvalue weighted by molar-refractivity contribution is 0.102. The molecule has 2 heterocycles. The molecule has 0 spiro atoms. The molecule has 0 bridgehead atoms. The smallest absolute Gasteiger partial charge is 0.321 e. The number of ether oxygens (including phenoxy) is 2. The van der Waals surface area contributed by atoms with Crippen molar-refractivity contribution in [1.82, 2.24) is 14.3 Å². The van der Waals surface area contributed by atoms with Crippen LogP contribution in [0.3, 0.4) is 0 Å². The number of nitrogens with one attached hydrogen (secondary N) is 2. The van der Waals surface area contributed by atoms with Crippen LogP contribution in [0.4, 0.5) is 11.5 Å². The number of methoxy groups -OCH3 is 2. The van der Waals surface area contributed by atoms with Gasteiger partial charge in [-0.2, -0.15) is 14.3 Å². The Hall–Kier alpha value is -3.75. The van der Waals surface area contributed by atoms with Crippen LogP contribution in [0.25, 0.3) is 0 Å². The third-order valence-corrected chi connectivity index (χ3v) is 9.09. The minimum atomic E-state index is -4.01. The Bertz CT molecular complexity index is 1480. The second-order valence-electron chi connectivity index (χ2n) is 8.36. The number of anilines is 2. The molecule has 1 saturated heterocycles. The molecule has 4 rings (SSSR count). The van der Waals surface area contributed by atoms with Crippen molar-refractivity contribution in [2.24, 2.45) is 0 Å². The van der Waals surface area contributed by atoms with E-state index in [0.29, 0.717) is 18.8 Å². The van der Waals surface area contributed by atoms with Gasteiger partial charge in [0.1, 0.15) is 0 Å². The Morgan fingerprint density at radius 1 is 0.842 bits per heavy atom. The van der Waals surface area contributed by atoms with E-state index in [1.54, 1.807) is 0 Å². The normalized spacial score (nSPS) is 14.5. The molecule has 2 N–H and O–H groups in total. The van der Waals surface area contributed by atoms with Crippen molar-refractivity contribution in [2.45, 2.75) is 29.1 Å². The summed E-state index contributed by atoms with van der Waals surface area (Å²) >= 11 is 0. The Balaban J connectivity index is 1.42. The quantitative estimate of drug-likeness (QED) is 0.401. The van der Waals surface area contributed by atoms with Crippen LogP contribution in [0.2, 0.25) is 0 Å².